The monoisotopic (exact) mass is 376 g/mol. The number of halogens is 3. The van der Waals surface area contributed by atoms with E-state index >= 15 is 0 Å². The zero-order valence-electron chi connectivity index (χ0n) is 14.2. The number of carbonyl (C=O) groups is 1. The van der Waals surface area contributed by atoms with Gasteiger partial charge in [-0.05, 0) is 30.7 Å². The number of benzene rings is 1. The molecule has 0 aliphatic heterocycles. The average Bonchev–Trinajstić information content (AvgIpc) is 3.31. The lowest BCUT2D eigenvalue weighted by molar-refractivity contribution is -0.141. The predicted octanol–water partition coefficient (Wildman–Crippen LogP) is 2.63. The maximum Gasteiger partial charge on any atom is 0.435 e. The molecule has 0 fully saturated rings. The topological polar surface area (TPSA) is 77.1 Å². The Morgan fingerprint density at radius 2 is 1.93 bits per heavy atom. The van der Waals surface area contributed by atoms with Crippen LogP contribution in [0.1, 0.15) is 18.2 Å². The Labute approximate surface area is 152 Å². The highest BCUT2D eigenvalue weighted by Gasteiger charge is 2.33. The van der Waals surface area contributed by atoms with E-state index in [-0.39, 0.29) is 6.54 Å². The Morgan fingerprint density at radius 1 is 1.19 bits per heavy atom. The molecule has 3 rings (SSSR count). The summed E-state index contributed by atoms with van der Waals surface area (Å²) in [6, 6.07) is 8.23. The molecule has 1 aromatic carbocycles. The first kappa shape index (κ1) is 18.4. The number of hydrazone groups is 1. The van der Waals surface area contributed by atoms with E-state index in [1.165, 1.54) is 0 Å². The first-order chi connectivity index (χ1) is 12.8. The molecule has 7 nitrogen and oxygen atoms in total. The van der Waals surface area contributed by atoms with Gasteiger partial charge in [0.1, 0.15) is 6.54 Å². The van der Waals surface area contributed by atoms with Crippen molar-refractivity contribution in [2.24, 2.45) is 5.10 Å². The van der Waals surface area contributed by atoms with Gasteiger partial charge in [-0.1, -0.05) is 12.1 Å². The summed E-state index contributed by atoms with van der Waals surface area (Å²) in [6.45, 7) is 1.34. The molecular formula is C17H15F3N6O. The van der Waals surface area contributed by atoms with Crippen molar-refractivity contribution >= 4 is 11.6 Å². The lowest BCUT2D eigenvalue weighted by atomic mass is 10.1. The molecule has 0 atom stereocenters. The number of rotatable bonds is 5. The number of hydrogen-bond donors (Lipinski definition) is 1. The van der Waals surface area contributed by atoms with E-state index in [4.69, 9.17) is 0 Å². The van der Waals surface area contributed by atoms with Crippen LogP contribution in [-0.4, -0.2) is 31.0 Å². The van der Waals surface area contributed by atoms with Gasteiger partial charge in [-0.15, -0.1) is 0 Å². The van der Waals surface area contributed by atoms with E-state index < -0.39 is 17.8 Å². The van der Waals surface area contributed by atoms with Crippen LogP contribution in [0.3, 0.4) is 0 Å². The van der Waals surface area contributed by atoms with Crippen LogP contribution in [0.5, 0.6) is 0 Å². The molecule has 0 aliphatic rings. The van der Waals surface area contributed by atoms with Crippen LogP contribution in [0.15, 0.2) is 60.4 Å². The summed E-state index contributed by atoms with van der Waals surface area (Å²) >= 11 is 0. The van der Waals surface area contributed by atoms with Gasteiger partial charge in [0, 0.05) is 24.3 Å². The third kappa shape index (κ3) is 4.60. The van der Waals surface area contributed by atoms with E-state index in [0.29, 0.717) is 5.71 Å². The highest BCUT2D eigenvalue weighted by atomic mass is 19.4. The van der Waals surface area contributed by atoms with Crippen molar-refractivity contribution < 1.29 is 18.0 Å². The molecule has 1 N–H and O–H groups in total. The molecule has 0 spiro atoms. The van der Waals surface area contributed by atoms with Gasteiger partial charge in [-0.2, -0.15) is 23.4 Å². The minimum absolute atomic E-state index is 0.369. The Kier molecular flexibility index (Phi) is 5.06. The first-order valence-electron chi connectivity index (χ1n) is 7.85. The van der Waals surface area contributed by atoms with Crippen molar-refractivity contribution in [3.05, 3.63) is 66.5 Å². The molecular weight excluding hydrogens is 361 g/mol. The fourth-order valence-corrected chi connectivity index (χ4v) is 2.28. The summed E-state index contributed by atoms with van der Waals surface area (Å²) in [6.07, 6.45) is 1.71. The van der Waals surface area contributed by atoms with Gasteiger partial charge >= 0.3 is 6.18 Å². The van der Waals surface area contributed by atoms with Gasteiger partial charge in [0.25, 0.3) is 5.91 Å². The number of aromatic nitrogens is 4. The predicted molar refractivity (Wildman–Crippen MR) is 91.1 cm³/mol. The fourth-order valence-electron chi connectivity index (χ4n) is 2.28. The molecule has 0 saturated heterocycles. The zero-order valence-corrected chi connectivity index (χ0v) is 14.2. The van der Waals surface area contributed by atoms with E-state index in [1.54, 1.807) is 19.4 Å². The van der Waals surface area contributed by atoms with Crippen molar-refractivity contribution in [2.75, 3.05) is 0 Å². The third-order valence-electron chi connectivity index (χ3n) is 3.67. The van der Waals surface area contributed by atoms with Gasteiger partial charge in [0.15, 0.2) is 5.69 Å². The van der Waals surface area contributed by atoms with Crippen molar-refractivity contribution in [1.82, 2.24) is 24.8 Å². The number of hydrogen-bond acceptors (Lipinski definition) is 4. The largest absolute Gasteiger partial charge is 0.435 e. The lowest BCUT2D eigenvalue weighted by Crippen LogP contribution is -2.24. The highest BCUT2D eigenvalue weighted by Crippen LogP contribution is 2.27. The van der Waals surface area contributed by atoms with Crippen LogP contribution >= 0.6 is 0 Å². The lowest BCUT2D eigenvalue weighted by Gasteiger charge is -2.06. The van der Waals surface area contributed by atoms with Gasteiger partial charge in [-0.25, -0.2) is 10.4 Å². The second-order valence-corrected chi connectivity index (χ2v) is 5.65. The van der Waals surface area contributed by atoms with Crippen LogP contribution in [0.25, 0.3) is 5.69 Å². The maximum absolute atomic E-state index is 12.5. The van der Waals surface area contributed by atoms with Crippen molar-refractivity contribution in [1.29, 1.82) is 0 Å². The summed E-state index contributed by atoms with van der Waals surface area (Å²) in [4.78, 5) is 15.8. The number of nitrogens with zero attached hydrogens (tertiary/aromatic N) is 5. The molecule has 2 heterocycles. The first-order valence-corrected chi connectivity index (χ1v) is 7.85. The van der Waals surface area contributed by atoms with Crippen LogP contribution in [0.2, 0.25) is 0 Å². The van der Waals surface area contributed by atoms with E-state index in [2.05, 4.69) is 20.6 Å². The number of nitrogens with one attached hydrogen (secondary N) is 1. The van der Waals surface area contributed by atoms with Crippen LogP contribution in [0, 0.1) is 0 Å². The average molecular weight is 376 g/mol. The molecule has 0 unspecified atom stereocenters. The molecule has 0 bridgehead atoms. The minimum atomic E-state index is -4.54. The van der Waals surface area contributed by atoms with Crippen molar-refractivity contribution in [3.63, 3.8) is 0 Å². The minimum Gasteiger partial charge on any atom is -0.306 e. The van der Waals surface area contributed by atoms with Gasteiger partial charge < -0.3 is 4.57 Å². The molecule has 0 saturated carbocycles. The molecule has 0 aliphatic carbocycles. The zero-order chi connectivity index (χ0) is 19.4. The summed E-state index contributed by atoms with van der Waals surface area (Å²) in [5.74, 6) is -0.582. The summed E-state index contributed by atoms with van der Waals surface area (Å²) in [5.41, 5.74) is 3.53. The Hall–Kier alpha value is -3.43. The van der Waals surface area contributed by atoms with Crippen molar-refractivity contribution in [2.45, 2.75) is 19.6 Å². The number of alkyl halides is 3. The maximum atomic E-state index is 12.5. The Morgan fingerprint density at radius 3 is 2.52 bits per heavy atom. The standard InChI is InChI=1S/C17H15F3N6O/c1-12(13-2-4-14(5-3-13)25-9-7-21-11-25)22-23-16(27)10-26-8-6-15(24-26)17(18,19)20/h2-9,11H,10H2,1H3,(H,23,27)/b22-12-. The van der Waals surface area contributed by atoms with E-state index in [0.717, 1.165) is 28.2 Å². The smallest absolute Gasteiger partial charge is 0.306 e. The van der Waals surface area contributed by atoms with E-state index in [9.17, 15) is 18.0 Å². The SMILES string of the molecule is C/C(=N/NC(=O)Cn1ccc(C(F)(F)F)n1)c1ccc(-n2ccnc2)cc1. The second-order valence-electron chi connectivity index (χ2n) is 5.65. The number of imidazole rings is 1. The van der Waals surface area contributed by atoms with Gasteiger partial charge in [0.2, 0.25) is 0 Å². The highest BCUT2D eigenvalue weighted by molar-refractivity contribution is 5.99. The van der Waals surface area contributed by atoms with Crippen LogP contribution < -0.4 is 5.43 Å². The van der Waals surface area contributed by atoms with Crippen LogP contribution in [0.4, 0.5) is 13.2 Å². The third-order valence-corrected chi connectivity index (χ3v) is 3.67. The van der Waals surface area contributed by atoms with Gasteiger partial charge in [0.05, 0.1) is 12.0 Å². The van der Waals surface area contributed by atoms with Crippen LogP contribution in [-0.2, 0) is 17.5 Å². The normalized spacial score (nSPS) is 12.2. The summed E-state index contributed by atoms with van der Waals surface area (Å²) < 4.78 is 40.2. The molecule has 10 heteroatoms. The fraction of sp³-hybridized carbons (Fsp3) is 0.176. The summed E-state index contributed by atoms with van der Waals surface area (Å²) in [7, 11) is 0. The molecule has 140 valence electrons. The van der Waals surface area contributed by atoms with E-state index in [1.807, 2.05) is 35.0 Å². The quantitative estimate of drug-likeness (QED) is 0.549. The molecule has 3 aromatic rings. The second kappa shape index (κ2) is 7.44. The Balaban J connectivity index is 1.59. The molecule has 0 radical (unpaired) electrons. The molecule has 27 heavy (non-hydrogen) atoms. The number of carbonyl (C=O) groups excluding carboxylic acids is 1. The summed E-state index contributed by atoms with van der Waals surface area (Å²) in [5, 5.41) is 7.29. The molecule has 1 amide bonds. The van der Waals surface area contributed by atoms with Gasteiger partial charge in [-0.3, -0.25) is 9.48 Å². The number of amides is 1. The molecule has 2 aromatic heterocycles. The van der Waals surface area contributed by atoms with Crippen molar-refractivity contribution in [3.8, 4) is 5.69 Å². The Bertz CT molecular complexity index is 942.